The van der Waals surface area contributed by atoms with E-state index in [1.807, 2.05) is 13.0 Å². The molecule has 0 aliphatic heterocycles. The Hall–Kier alpha value is -0.600. The molecule has 0 spiro atoms. The summed E-state index contributed by atoms with van der Waals surface area (Å²) in [4.78, 5) is 3.97. The monoisotopic (exact) mass is 170 g/mol. The molecule has 0 atom stereocenters. The van der Waals surface area contributed by atoms with Gasteiger partial charge < -0.3 is 5.73 Å². The average Bonchev–Trinajstić information content (AvgIpc) is 1.95. The summed E-state index contributed by atoms with van der Waals surface area (Å²) in [5, 5.41) is 0.545. The molecule has 0 bridgehead atoms. The van der Waals surface area contributed by atoms with Crippen LogP contribution in [0.5, 0.6) is 0 Å². The van der Waals surface area contributed by atoms with Gasteiger partial charge in [-0.15, -0.1) is 0 Å². The maximum Gasteiger partial charge on any atom is 0.129 e. The van der Waals surface area contributed by atoms with E-state index in [2.05, 4.69) is 4.98 Å². The SMILES string of the molecule is Cc1cc(Cl)ncc1CCN. The van der Waals surface area contributed by atoms with E-state index < -0.39 is 0 Å². The highest BCUT2D eigenvalue weighted by molar-refractivity contribution is 6.29. The fraction of sp³-hybridized carbons (Fsp3) is 0.375. The number of aryl methyl sites for hydroxylation is 1. The summed E-state index contributed by atoms with van der Waals surface area (Å²) < 4.78 is 0. The smallest absolute Gasteiger partial charge is 0.129 e. The van der Waals surface area contributed by atoms with E-state index in [4.69, 9.17) is 17.3 Å². The van der Waals surface area contributed by atoms with Crippen LogP contribution in [0.25, 0.3) is 0 Å². The van der Waals surface area contributed by atoms with Crippen LogP contribution in [-0.2, 0) is 6.42 Å². The van der Waals surface area contributed by atoms with E-state index >= 15 is 0 Å². The van der Waals surface area contributed by atoms with Crippen LogP contribution in [0.2, 0.25) is 5.15 Å². The van der Waals surface area contributed by atoms with Gasteiger partial charge in [0.25, 0.3) is 0 Å². The Morgan fingerprint density at radius 2 is 2.36 bits per heavy atom. The second-order valence-corrected chi connectivity index (χ2v) is 2.86. The van der Waals surface area contributed by atoms with E-state index in [0.717, 1.165) is 12.0 Å². The van der Waals surface area contributed by atoms with Gasteiger partial charge >= 0.3 is 0 Å². The van der Waals surface area contributed by atoms with Crippen molar-refractivity contribution in [2.75, 3.05) is 6.54 Å². The molecule has 1 heterocycles. The number of nitrogens with zero attached hydrogens (tertiary/aromatic N) is 1. The van der Waals surface area contributed by atoms with Crippen LogP contribution in [0.3, 0.4) is 0 Å². The molecule has 1 aromatic heterocycles. The molecule has 0 unspecified atom stereocenters. The Morgan fingerprint density at radius 1 is 1.64 bits per heavy atom. The van der Waals surface area contributed by atoms with Gasteiger partial charge in [-0.05, 0) is 37.1 Å². The van der Waals surface area contributed by atoms with E-state index in [1.165, 1.54) is 5.56 Å². The van der Waals surface area contributed by atoms with Crippen LogP contribution in [0.4, 0.5) is 0 Å². The number of hydrogen-bond donors (Lipinski definition) is 1. The first-order chi connectivity index (χ1) is 5.24. The molecule has 11 heavy (non-hydrogen) atoms. The van der Waals surface area contributed by atoms with E-state index in [-0.39, 0.29) is 0 Å². The van der Waals surface area contributed by atoms with Crippen molar-refractivity contribution >= 4 is 11.6 Å². The third-order valence-corrected chi connectivity index (χ3v) is 1.81. The topological polar surface area (TPSA) is 38.9 Å². The fourth-order valence-corrected chi connectivity index (χ4v) is 1.18. The summed E-state index contributed by atoms with van der Waals surface area (Å²) in [6.45, 7) is 2.67. The van der Waals surface area contributed by atoms with Gasteiger partial charge in [-0.2, -0.15) is 0 Å². The molecule has 0 amide bonds. The lowest BCUT2D eigenvalue weighted by Crippen LogP contribution is -2.04. The molecule has 60 valence electrons. The van der Waals surface area contributed by atoms with Crippen molar-refractivity contribution in [3.8, 4) is 0 Å². The summed E-state index contributed by atoms with van der Waals surface area (Å²) >= 11 is 5.67. The third kappa shape index (κ3) is 2.17. The van der Waals surface area contributed by atoms with Crippen LogP contribution < -0.4 is 5.73 Å². The molecule has 1 rings (SSSR count). The van der Waals surface area contributed by atoms with Crippen LogP contribution in [0.1, 0.15) is 11.1 Å². The molecule has 2 nitrogen and oxygen atoms in total. The Kier molecular flexibility index (Phi) is 2.85. The summed E-state index contributed by atoms with van der Waals surface area (Å²) in [6, 6.07) is 1.85. The summed E-state index contributed by atoms with van der Waals surface area (Å²) in [7, 11) is 0. The maximum absolute atomic E-state index is 5.67. The molecule has 0 radical (unpaired) electrons. The number of rotatable bonds is 2. The van der Waals surface area contributed by atoms with Crippen LogP contribution >= 0.6 is 11.6 Å². The normalized spacial score (nSPS) is 10.1. The Bertz CT molecular complexity index is 248. The number of aromatic nitrogens is 1. The predicted octanol–water partition coefficient (Wildman–Crippen LogP) is 1.54. The molecule has 1 aromatic rings. The number of hydrogen-bond acceptors (Lipinski definition) is 2. The van der Waals surface area contributed by atoms with E-state index in [9.17, 15) is 0 Å². The van der Waals surface area contributed by atoms with Crippen molar-refractivity contribution in [2.24, 2.45) is 5.73 Å². The molecule has 0 saturated heterocycles. The zero-order valence-electron chi connectivity index (χ0n) is 6.47. The van der Waals surface area contributed by atoms with Crippen LogP contribution in [-0.4, -0.2) is 11.5 Å². The van der Waals surface area contributed by atoms with Gasteiger partial charge in [-0.3, -0.25) is 0 Å². The van der Waals surface area contributed by atoms with Gasteiger partial charge in [-0.25, -0.2) is 4.98 Å². The largest absolute Gasteiger partial charge is 0.330 e. The van der Waals surface area contributed by atoms with Crippen molar-refractivity contribution < 1.29 is 0 Å². The number of nitrogens with two attached hydrogens (primary N) is 1. The highest BCUT2D eigenvalue weighted by Crippen LogP contribution is 2.11. The molecule has 0 saturated carbocycles. The van der Waals surface area contributed by atoms with Gasteiger partial charge in [0.15, 0.2) is 0 Å². The maximum atomic E-state index is 5.67. The minimum absolute atomic E-state index is 0.545. The predicted molar refractivity (Wildman–Crippen MR) is 46.7 cm³/mol. The minimum atomic E-state index is 0.545. The highest BCUT2D eigenvalue weighted by Gasteiger charge is 1.97. The zero-order valence-corrected chi connectivity index (χ0v) is 7.23. The molecule has 0 aliphatic rings. The standard InChI is InChI=1S/C8H11ClN2/c1-6-4-8(9)11-5-7(6)2-3-10/h4-5H,2-3,10H2,1H3. The molecule has 3 heteroatoms. The van der Waals surface area contributed by atoms with Gasteiger partial charge in [0.2, 0.25) is 0 Å². The minimum Gasteiger partial charge on any atom is -0.330 e. The molecular formula is C8H11ClN2. The second-order valence-electron chi connectivity index (χ2n) is 2.47. The van der Waals surface area contributed by atoms with Crippen molar-refractivity contribution in [2.45, 2.75) is 13.3 Å². The van der Waals surface area contributed by atoms with Gasteiger partial charge in [0.1, 0.15) is 5.15 Å². The molecule has 2 N–H and O–H groups in total. The van der Waals surface area contributed by atoms with Crippen molar-refractivity contribution in [1.82, 2.24) is 4.98 Å². The highest BCUT2D eigenvalue weighted by atomic mass is 35.5. The third-order valence-electron chi connectivity index (χ3n) is 1.60. The first-order valence-electron chi connectivity index (χ1n) is 3.55. The fourth-order valence-electron chi connectivity index (χ4n) is 0.967. The molecule has 0 fully saturated rings. The molecule has 0 aliphatic carbocycles. The average molecular weight is 171 g/mol. The molecule has 0 aromatic carbocycles. The van der Waals surface area contributed by atoms with Gasteiger partial charge in [0, 0.05) is 6.20 Å². The first kappa shape index (κ1) is 8.50. The lowest BCUT2D eigenvalue weighted by atomic mass is 10.1. The van der Waals surface area contributed by atoms with Crippen molar-refractivity contribution in [3.05, 3.63) is 28.5 Å². The molecular weight excluding hydrogens is 160 g/mol. The number of halogens is 1. The van der Waals surface area contributed by atoms with Gasteiger partial charge in [-0.1, -0.05) is 11.6 Å². The first-order valence-corrected chi connectivity index (χ1v) is 3.93. The summed E-state index contributed by atoms with van der Waals surface area (Å²) in [6.07, 6.45) is 2.65. The zero-order chi connectivity index (χ0) is 8.27. The van der Waals surface area contributed by atoms with E-state index in [1.54, 1.807) is 6.20 Å². The van der Waals surface area contributed by atoms with Crippen LogP contribution in [0.15, 0.2) is 12.3 Å². The van der Waals surface area contributed by atoms with Crippen molar-refractivity contribution in [1.29, 1.82) is 0 Å². The quantitative estimate of drug-likeness (QED) is 0.684. The van der Waals surface area contributed by atoms with Crippen molar-refractivity contribution in [3.63, 3.8) is 0 Å². The van der Waals surface area contributed by atoms with Gasteiger partial charge in [0.05, 0.1) is 0 Å². The lowest BCUT2D eigenvalue weighted by molar-refractivity contribution is 0.946. The number of pyridine rings is 1. The van der Waals surface area contributed by atoms with E-state index in [0.29, 0.717) is 11.7 Å². The Labute approximate surface area is 71.4 Å². The second kappa shape index (κ2) is 3.69. The summed E-state index contributed by atoms with van der Waals surface area (Å²) in [5.41, 5.74) is 7.75. The summed E-state index contributed by atoms with van der Waals surface area (Å²) in [5.74, 6) is 0. The Balaban J connectivity index is 2.90. The lowest BCUT2D eigenvalue weighted by Gasteiger charge is -2.02. The Morgan fingerprint density at radius 3 is 2.91 bits per heavy atom. The van der Waals surface area contributed by atoms with Crippen LogP contribution in [0, 0.1) is 6.92 Å².